The highest BCUT2D eigenvalue weighted by Crippen LogP contribution is 2.20. The zero-order valence-corrected chi connectivity index (χ0v) is 12.3. The lowest BCUT2D eigenvalue weighted by Gasteiger charge is -2.05. The number of imidazole rings is 1. The fourth-order valence-electron chi connectivity index (χ4n) is 2.63. The first kappa shape index (κ1) is 13.6. The van der Waals surface area contributed by atoms with Gasteiger partial charge in [0.2, 0.25) is 0 Å². The highest BCUT2D eigenvalue weighted by atomic mass is 16.5. The Balaban J connectivity index is 2.05. The van der Waals surface area contributed by atoms with Crippen LogP contribution in [0.3, 0.4) is 0 Å². The molecule has 108 valence electrons. The summed E-state index contributed by atoms with van der Waals surface area (Å²) < 4.78 is 7.36. The third-order valence-corrected chi connectivity index (χ3v) is 3.73. The number of fused-ring (bicyclic) bond motifs is 1. The largest absolute Gasteiger partial charge is 0.497 e. The van der Waals surface area contributed by atoms with Gasteiger partial charge in [-0.15, -0.1) is 0 Å². The Hall–Kier alpha value is -2.33. The second-order valence-corrected chi connectivity index (χ2v) is 5.12. The lowest BCUT2D eigenvalue weighted by molar-refractivity contribution is 0.414. The molecule has 1 aromatic carbocycles. The van der Waals surface area contributed by atoms with Crippen LogP contribution in [0.1, 0.15) is 22.5 Å². The Kier molecular flexibility index (Phi) is 3.62. The number of nitrogens with two attached hydrogens (primary N) is 1. The van der Waals surface area contributed by atoms with Crippen molar-refractivity contribution in [3.63, 3.8) is 0 Å². The zero-order valence-electron chi connectivity index (χ0n) is 12.3. The summed E-state index contributed by atoms with van der Waals surface area (Å²) in [6, 6.07) is 12.2. The second kappa shape index (κ2) is 5.58. The summed E-state index contributed by atoms with van der Waals surface area (Å²) in [6.45, 7) is 2.54. The zero-order chi connectivity index (χ0) is 14.8. The van der Waals surface area contributed by atoms with E-state index in [0.717, 1.165) is 34.8 Å². The summed E-state index contributed by atoms with van der Waals surface area (Å²) in [5.41, 5.74) is 11.3. The van der Waals surface area contributed by atoms with Gasteiger partial charge in [0.05, 0.1) is 18.5 Å². The van der Waals surface area contributed by atoms with Crippen molar-refractivity contribution in [1.82, 2.24) is 9.38 Å². The monoisotopic (exact) mass is 281 g/mol. The minimum absolute atomic E-state index is 0.476. The molecule has 4 nitrogen and oxygen atoms in total. The molecule has 0 spiro atoms. The molecule has 0 radical (unpaired) electrons. The van der Waals surface area contributed by atoms with Crippen LogP contribution in [0, 0.1) is 6.92 Å². The van der Waals surface area contributed by atoms with Crippen LogP contribution in [0.25, 0.3) is 5.65 Å². The summed E-state index contributed by atoms with van der Waals surface area (Å²) in [7, 11) is 1.68. The van der Waals surface area contributed by atoms with Crippen LogP contribution in [-0.2, 0) is 13.0 Å². The molecule has 0 fully saturated rings. The molecule has 2 heterocycles. The number of nitrogens with zero attached hydrogens (tertiary/aromatic N) is 2. The van der Waals surface area contributed by atoms with E-state index < -0.39 is 0 Å². The smallest absolute Gasteiger partial charge is 0.140 e. The van der Waals surface area contributed by atoms with E-state index in [4.69, 9.17) is 15.5 Å². The van der Waals surface area contributed by atoms with Gasteiger partial charge in [0.15, 0.2) is 0 Å². The summed E-state index contributed by atoms with van der Waals surface area (Å²) >= 11 is 0. The summed E-state index contributed by atoms with van der Waals surface area (Å²) in [4.78, 5) is 4.78. The van der Waals surface area contributed by atoms with Gasteiger partial charge in [0.1, 0.15) is 11.4 Å². The van der Waals surface area contributed by atoms with Crippen LogP contribution >= 0.6 is 0 Å². The van der Waals surface area contributed by atoms with Crippen molar-refractivity contribution in [3.8, 4) is 5.75 Å². The molecule has 2 aromatic heterocycles. The SMILES string of the molecule is COc1cccc(Cc2nc3c(C)cccn3c2CN)c1. The van der Waals surface area contributed by atoms with Crippen LogP contribution in [0.4, 0.5) is 0 Å². The Morgan fingerprint density at radius 3 is 2.86 bits per heavy atom. The van der Waals surface area contributed by atoms with Gasteiger partial charge < -0.3 is 14.9 Å². The van der Waals surface area contributed by atoms with Crippen LogP contribution in [0.5, 0.6) is 5.75 Å². The third-order valence-electron chi connectivity index (χ3n) is 3.73. The summed E-state index contributed by atoms with van der Waals surface area (Å²) in [5.74, 6) is 0.863. The second-order valence-electron chi connectivity index (χ2n) is 5.12. The topological polar surface area (TPSA) is 52.5 Å². The number of hydrogen-bond donors (Lipinski definition) is 1. The van der Waals surface area contributed by atoms with Crippen molar-refractivity contribution in [2.45, 2.75) is 19.9 Å². The number of methoxy groups -OCH3 is 1. The number of pyridine rings is 1. The van der Waals surface area contributed by atoms with Gasteiger partial charge in [-0.3, -0.25) is 0 Å². The van der Waals surface area contributed by atoms with Crippen molar-refractivity contribution in [2.24, 2.45) is 5.73 Å². The quantitative estimate of drug-likeness (QED) is 0.800. The van der Waals surface area contributed by atoms with Crippen LogP contribution < -0.4 is 10.5 Å². The number of aromatic nitrogens is 2. The Morgan fingerprint density at radius 2 is 2.10 bits per heavy atom. The molecular formula is C17H19N3O. The van der Waals surface area contributed by atoms with Gasteiger partial charge in [-0.2, -0.15) is 0 Å². The van der Waals surface area contributed by atoms with E-state index in [1.807, 2.05) is 30.5 Å². The third kappa shape index (κ3) is 2.50. The van der Waals surface area contributed by atoms with E-state index in [2.05, 4.69) is 23.5 Å². The van der Waals surface area contributed by atoms with E-state index in [-0.39, 0.29) is 0 Å². The van der Waals surface area contributed by atoms with Gasteiger partial charge in [0, 0.05) is 19.2 Å². The van der Waals surface area contributed by atoms with Crippen molar-refractivity contribution < 1.29 is 4.74 Å². The van der Waals surface area contributed by atoms with Crippen LogP contribution in [0.15, 0.2) is 42.6 Å². The Labute approximate surface area is 124 Å². The summed E-state index contributed by atoms with van der Waals surface area (Å²) in [5, 5.41) is 0. The maximum Gasteiger partial charge on any atom is 0.140 e. The molecule has 0 aliphatic heterocycles. The molecule has 2 N–H and O–H groups in total. The average Bonchev–Trinajstić information content (AvgIpc) is 2.86. The minimum Gasteiger partial charge on any atom is -0.497 e. The molecule has 0 aliphatic carbocycles. The van der Waals surface area contributed by atoms with E-state index in [0.29, 0.717) is 6.54 Å². The molecular weight excluding hydrogens is 262 g/mol. The molecule has 3 rings (SSSR count). The minimum atomic E-state index is 0.476. The summed E-state index contributed by atoms with van der Waals surface area (Å²) in [6.07, 6.45) is 2.78. The van der Waals surface area contributed by atoms with E-state index in [1.165, 1.54) is 5.56 Å². The highest BCUT2D eigenvalue weighted by molar-refractivity contribution is 5.51. The standard InChI is InChI=1S/C17H19N3O/c1-12-5-4-8-20-16(11-18)15(19-17(12)20)10-13-6-3-7-14(9-13)21-2/h3-9H,10-11,18H2,1-2H3. The number of aryl methyl sites for hydroxylation is 1. The normalized spacial score (nSPS) is 11.0. The molecule has 0 saturated carbocycles. The number of hydrogen-bond acceptors (Lipinski definition) is 3. The Bertz CT molecular complexity index is 777. The first-order valence-corrected chi connectivity index (χ1v) is 7.01. The number of benzene rings is 1. The van der Waals surface area contributed by atoms with Gasteiger partial charge in [-0.1, -0.05) is 18.2 Å². The molecule has 0 bridgehead atoms. The Morgan fingerprint density at radius 1 is 1.24 bits per heavy atom. The number of rotatable bonds is 4. The van der Waals surface area contributed by atoms with Crippen molar-refractivity contribution in [3.05, 3.63) is 65.1 Å². The van der Waals surface area contributed by atoms with Gasteiger partial charge in [0.25, 0.3) is 0 Å². The molecule has 3 aromatic rings. The molecule has 0 atom stereocenters. The van der Waals surface area contributed by atoms with Crippen molar-refractivity contribution >= 4 is 5.65 Å². The fraction of sp³-hybridized carbons (Fsp3) is 0.235. The van der Waals surface area contributed by atoms with Gasteiger partial charge in [-0.05, 0) is 36.2 Å². The molecule has 0 amide bonds. The molecule has 0 aliphatic rings. The lowest BCUT2D eigenvalue weighted by Crippen LogP contribution is -2.04. The van der Waals surface area contributed by atoms with Gasteiger partial charge >= 0.3 is 0 Å². The predicted molar refractivity (Wildman–Crippen MR) is 83.6 cm³/mol. The first-order chi connectivity index (χ1) is 10.2. The lowest BCUT2D eigenvalue weighted by atomic mass is 10.1. The number of ether oxygens (including phenoxy) is 1. The first-order valence-electron chi connectivity index (χ1n) is 7.01. The highest BCUT2D eigenvalue weighted by Gasteiger charge is 2.12. The predicted octanol–water partition coefficient (Wildman–Crippen LogP) is 2.70. The van der Waals surface area contributed by atoms with E-state index >= 15 is 0 Å². The van der Waals surface area contributed by atoms with E-state index in [9.17, 15) is 0 Å². The molecule has 4 heteroatoms. The van der Waals surface area contributed by atoms with E-state index in [1.54, 1.807) is 7.11 Å². The van der Waals surface area contributed by atoms with Crippen LogP contribution in [-0.4, -0.2) is 16.5 Å². The molecule has 0 saturated heterocycles. The average molecular weight is 281 g/mol. The fourth-order valence-corrected chi connectivity index (χ4v) is 2.63. The van der Waals surface area contributed by atoms with Crippen molar-refractivity contribution in [1.29, 1.82) is 0 Å². The van der Waals surface area contributed by atoms with Crippen molar-refractivity contribution in [2.75, 3.05) is 7.11 Å². The van der Waals surface area contributed by atoms with Crippen LogP contribution in [0.2, 0.25) is 0 Å². The van der Waals surface area contributed by atoms with Gasteiger partial charge in [-0.25, -0.2) is 4.98 Å². The molecule has 0 unspecified atom stereocenters. The molecule has 21 heavy (non-hydrogen) atoms. The maximum absolute atomic E-state index is 5.94. The maximum atomic E-state index is 5.94.